The lowest BCUT2D eigenvalue weighted by Crippen LogP contribution is -2.39. The highest BCUT2D eigenvalue weighted by molar-refractivity contribution is 6.04. The van der Waals surface area contributed by atoms with Crippen molar-refractivity contribution in [2.45, 2.75) is 19.4 Å². The number of methoxy groups -OCH3 is 3. The summed E-state index contributed by atoms with van der Waals surface area (Å²) in [6.07, 6.45) is 0.104. The molecule has 0 spiro atoms. The molecule has 0 aliphatic carbocycles. The molecule has 31 heavy (non-hydrogen) atoms. The van der Waals surface area contributed by atoms with Gasteiger partial charge in [-0.25, -0.2) is 9.80 Å². The third-order valence-electron chi connectivity index (χ3n) is 5.25. The van der Waals surface area contributed by atoms with E-state index < -0.39 is 23.2 Å². The number of carbonyl (C=O) groups excluding carboxylic acids is 1. The van der Waals surface area contributed by atoms with E-state index in [9.17, 15) is 19.5 Å². The third-order valence-corrected chi connectivity index (χ3v) is 5.25. The zero-order valence-corrected chi connectivity index (χ0v) is 18.1. The second-order valence-corrected chi connectivity index (χ2v) is 6.96. The number of hydrogen-bond donors (Lipinski definition) is 1. The Labute approximate surface area is 177 Å². The van der Waals surface area contributed by atoms with E-state index in [0.29, 0.717) is 22.8 Å². The van der Waals surface area contributed by atoms with Crippen molar-refractivity contribution < 1.29 is 24.1 Å². The van der Waals surface area contributed by atoms with Crippen LogP contribution >= 0.6 is 0 Å². The minimum Gasteiger partial charge on any atom is -0.494 e. The molecular weight excluding hydrogens is 408 g/mol. The zero-order valence-electron chi connectivity index (χ0n) is 18.1. The Balaban J connectivity index is 2.19. The predicted molar refractivity (Wildman–Crippen MR) is 111 cm³/mol. The van der Waals surface area contributed by atoms with Gasteiger partial charge >= 0.3 is 5.69 Å². The highest BCUT2D eigenvalue weighted by Crippen LogP contribution is 2.46. The summed E-state index contributed by atoms with van der Waals surface area (Å²) in [7, 11) is 7.07. The van der Waals surface area contributed by atoms with Crippen LogP contribution in [0.5, 0.6) is 23.1 Å². The van der Waals surface area contributed by atoms with Crippen molar-refractivity contribution in [2.75, 3.05) is 21.3 Å². The van der Waals surface area contributed by atoms with Crippen molar-refractivity contribution in [3.63, 3.8) is 0 Å². The molecule has 11 heteroatoms. The maximum atomic E-state index is 12.7. The molecule has 1 aliphatic heterocycles. The summed E-state index contributed by atoms with van der Waals surface area (Å²) in [6.45, 7) is 1.34. The number of carbonyl (C=O) groups is 1. The molecule has 1 amide bonds. The van der Waals surface area contributed by atoms with Crippen LogP contribution in [0.4, 0.5) is 0 Å². The number of hydrogen-bond acceptors (Lipinski definition) is 8. The van der Waals surface area contributed by atoms with E-state index in [1.807, 2.05) is 0 Å². The molecule has 0 bridgehead atoms. The van der Waals surface area contributed by atoms with Gasteiger partial charge in [0.25, 0.3) is 5.56 Å². The smallest absolute Gasteiger partial charge is 0.333 e. The molecule has 0 saturated carbocycles. The number of amides is 1. The predicted octanol–water partition coefficient (Wildman–Crippen LogP) is 0.513. The summed E-state index contributed by atoms with van der Waals surface area (Å²) in [5.74, 6) is 0.252. The number of benzene rings is 1. The number of nitrogens with zero attached hydrogens (tertiary/aromatic N) is 4. The molecular formula is C20H24N4O7. The fraction of sp³-hybridized carbons (Fsp3) is 0.400. The van der Waals surface area contributed by atoms with Crippen molar-refractivity contribution in [2.24, 2.45) is 19.2 Å². The molecule has 2 aromatic rings. The summed E-state index contributed by atoms with van der Waals surface area (Å²) in [4.78, 5) is 37.2. The molecule has 1 unspecified atom stereocenters. The third kappa shape index (κ3) is 3.41. The Morgan fingerprint density at radius 2 is 1.71 bits per heavy atom. The molecule has 1 aliphatic rings. The molecule has 1 aromatic heterocycles. The summed E-state index contributed by atoms with van der Waals surface area (Å²) in [5, 5.41) is 16.0. The van der Waals surface area contributed by atoms with Gasteiger partial charge in [-0.05, 0) is 12.1 Å². The van der Waals surface area contributed by atoms with Crippen LogP contribution in [0.25, 0.3) is 0 Å². The molecule has 0 fully saturated rings. The highest BCUT2D eigenvalue weighted by Gasteiger charge is 2.37. The van der Waals surface area contributed by atoms with Gasteiger partial charge in [-0.15, -0.1) is 0 Å². The van der Waals surface area contributed by atoms with Crippen LogP contribution in [0, 0.1) is 0 Å². The van der Waals surface area contributed by atoms with Gasteiger partial charge in [-0.1, -0.05) is 0 Å². The van der Waals surface area contributed by atoms with E-state index in [2.05, 4.69) is 5.10 Å². The number of aromatic hydroxyl groups is 1. The van der Waals surface area contributed by atoms with Gasteiger partial charge in [0.05, 0.1) is 33.1 Å². The van der Waals surface area contributed by atoms with Crippen molar-refractivity contribution >= 4 is 11.6 Å². The van der Waals surface area contributed by atoms with Crippen LogP contribution in [0.15, 0.2) is 26.8 Å². The first-order valence-corrected chi connectivity index (χ1v) is 9.33. The molecule has 2 heterocycles. The van der Waals surface area contributed by atoms with Crippen LogP contribution in [-0.4, -0.2) is 52.2 Å². The maximum absolute atomic E-state index is 12.7. The fourth-order valence-corrected chi connectivity index (χ4v) is 3.67. The molecule has 11 nitrogen and oxygen atoms in total. The van der Waals surface area contributed by atoms with Gasteiger partial charge < -0.3 is 19.3 Å². The van der Waals surface area contributed by atoms with E-state index in [0.717, 1.165) is 9.13 Å². The standard InChI is InChI=1S/C20H24N4O7/c1-10(25)24-13(11-7-8-14(29-4)17(31-6)16(11)30-5)9-12(21-24)15-18(26)22(2)20(28)23(3)19(15)27/h7-8,13,26H,9H2,1-6H3. The molecule has 0 saturated heterocycles. The van der Waals surface area contributed by atoms with Crippen molar-refractivity contribution in [1.82, 2.24) is 14.1 Å². The van der Waals surface area contributed by atoms with Gasteiger partial charge in [-0.3, -0.25) is 18.7 Å². The Morgan fingerprint density at radius 1 is 1.06 bits per heavy atom. The Morgan fingerprint density at radius 3 is 2.26 bits per heavy atom. The lowest BCUT2D eigenvalue weighted by Gasteiger charge is -2.24. The second kappa shape index (κ2) is 8.17. The number of rotatable bonds is 5. The minimum atomic E-state index is -0.706. The maximum Gasteiger partial charge on any atom is 0.333 e. The number of hydrazone groups is 1. The quantitative estimate of drug-likeness (QED) is 0.730. The molecule has 3 rings (SSSR count). The first-order valence-electron chi connectivity index (χ1n) is 9.33. The SMILES string of the molecule is COc1ccc(C2CC(c3c(O)n(C)c(=O)n(C)c3=O)=NN2C(C)=O)c(OC)c1OC. The summed E-state index contributed by atoms with van der Waals surface area (Å²) in [6, 6.07) is 2.76. The van der Waals surface area contributed by atoms with E-state index in [4.69, 9.17) is 14.2 Å². The summed E-state index contributed by atoms with van der Waals surface area (Å²) in [5.41, 5.74) is -0.770. The zero-order chi connectivity index (χ0) is 23.0. The first-order chi connectivity index (χ1) is 14.7. The van der Waals surface area contributed by atoms with Crippen molar-refractivity contribution in [3.05, 3.63) is 44.1 Å². The van der Waals surface area contributed by atoms with Crippen LogP contribution in [0.2, 0.25) is 0 Å². The number of ether oxygens (including phenoxy) is 3. The van der Waals surface area contributed by atoms with Gasteiger partial charge in [0.1, 0.15) is 5.56 Å². The summed E-state index contributed by atoms with van der Waals surface area (Å²) < 4.78 is 18.1. The van der Waals surface area contributed by atoms with E-state index in [1.54, 1.807) is 12.1 Å². The lowest BCUT2D eigenvalue weighted by molar-refractivity contribution is -0.130. The second-order valence-electron chi connectivity index (χ2n) is 6.96. The van der Waals surface area contributed by atoms with E-state index in [1.165, 1.54) is 47.4 Å². The molecule has 1 N–H and O–H groups in total. The minimum absolute atomic E-state index is 0.104. The Kier molecular flexibility index (Phi) is 5.78. The summed E-state index contributed by atoms with van der Waals surface area (Å²) >= 11 is 0. The molecule has 1 aromatic carbocycles. The van der Waals surface area contributed by atoms with Crippen molar-refractivity contribution in [3.8, 4) is 23.1 Å². The average Bonchev–Trinajstić information content (AvgIpc) is 3.20. The molecule has 166 valence electrons. The Hall–Kier alpha value is -3.76. The lowest BCUT2D eigenvalue weighted by atomic mass is 9.97. The van der Waals surface area contributed by atoms with Gasteiger partial charge in [-0.2, -0.15) is 5.10 Å². The van der Waals surface area contributed by atoms with Crippen LogP contribution in [0.1, 0.15) is 30.5 Å². The largest absolute Gasteiger partial charge is 0.494 e. The van der Waals surface area contributed by atoms with E-state index in [-0.39, 0.29) is 23.6 Å². The topological polar surface area (TPSA) is 125 Å². The highest BCUT2D eigenvalue weighted by atomic mass is 16.5. The Bertz CT molecular complexity index is 1200. The van der Waals surface area contributed by atoms with E-state index >= 15 is 0 Å². The van der Waals surface area contributed by atoms with Crippen molar-refractivity contribution in [1.29, 1.82) is 0 Å². The average molecular weight is 432 g/mol. The normalized spacial score (nSPS) is 15.6. The monoisotopic (exact) mass is 432 g/mol. The van der Waals surface area contributed by atoms with Gasteiger partial charge in [0.15, 0.2) is 11.5 Å². The first kappa shape index (κ1) is 21.9. The van der Waals surface area contributed by atoms with Gasteiger partial charge in [0, 0.05) is 33.0 Å². The number of aromatic nitrogens is 2. The molecule has 0 radical (unpaired) electrons. The van der Waals surface area contributed by atoms with Crippen LogP contribution < -0.4 is 25.5 Å². The molecule has 1 atom stereocenters. The van der Waals surface area contributed by atoms with Crippen LogP contribution in [-0.2, 0) is 18.9 Å². The fourth-order valence-electron chi connectivity index (χ4n) is 3.67. The van der Waals surface area contributed by atoms with Gasteiger partial charge in [0.2, 0.25) is 17.5 Å². The van der Waals surface area contributed by atoms with Crippen LogP contribution in [0.3, 0.4) is 0 Å².